The van der Waals surface area contributed by atoms with Crippen molar-refractivity contribution in [3.8, 4) is 0 Å². The Bertz CT molecular complexity index is 261. The standard InChI is InChI=1S/C15H30N2O2/c1-4-5-10-19-11-6-8-17-14(18)15(13(2)3)7-9-16-12-15/h13,16H,4-12H2,1-3H3,(H,17,18). The second-order valence-electron chi connectivity index (χ2n) is 5.81. The lowest BCUT2D eigenvalue weighted by Gasteiger charge is -2.31. The predicted octanol–water partition coefficient (Wildman–Crippen LogP) is 1.95. The quantitative estimate of drug-likeness (QED) is 0.630. The third-order valence-electron chi connectivity index (χ3n) is 4.14. The lowest BCUT2D eigenvalue weighted by Crippen LogP contribution is -2.46. The Morgan fingerprint density at radius 1 is 1.37 bits per heavy atom. The van der Waals surface area contributed by atoms with Crippen LogP contribution >= 0.6 is 0 Å². The van der Waals surface area contributed by atoms with E-state index in [0.29, 0.717) is 5.92 Å². The normalized spacial score (nSPS) is 22.9. The van der Waals surface area contributed by atoms with Gasteiger partial charge < -0.3 is 15.4 Å². The van der Waals surface area contributed by atoms with Gasteiger partial charge in [0, 0.05) is 26.3 Å². The third kappa shape index (κ3) is 4.77. The zero-order chi connectivity index (χ0) is 14.1. The molecule has 1 aliphatic rings. The second kappa shape index (κ2) is 8.54. The molecule has 4 nitrogen and oxygen atoms in total. The van der Waals surface area contributed by atoms with E-state index in [1.807, 2.05) is 0 Å². The van der Waals surface area contributed by atoms with Gasteiger partial charge in [-0.3, -0.25) is 4.79 Å². The van der Waals surface area contributed by atoms with Crippen molar-refractivity contribution in [2.75, 3.05) is 32.8 Å². The molecule has 0 spiro atoms. The average molecular weight is 270 g/mol. The molecule has 0 bridgehead atoms. The fraction of sp³-hybridized carbons (Fsp3) is 0.933. The molecule has 0 aromatic heterocycles. The highest BCUT2D eigenvalue weighted by atomic mass is 16.5. The van der Waals surface area contributed by atoms with Crippen LogP contribution in [0.5, 0.6) is 0 Å². The minimum atomic E-state index is -0.205. The van der Waals surface area contributed by atoms with E-state index in [0.717, 1.165) is 52.1 Å². The molecule has 19 heavy (non-hydrogen) atoms. The summed E-state index contributed by atoms with van der Waals surface area (Å²) in [6.07, 6.45) is 4.13. The fourth-order valence-electron chi connectivity index (χ4n) is 2.56. The molecule has 1 rings (SSSR count). The SMILES string of the molecule is CCCCOCCCNC(=O)C1(C(C)C)CCNC1. The molecule has 0 aromatic rings. The van der Waals surface area contributed by atoms with E-state index in [1.54, 1.807) is 0 Å². The molecule has 1 saturated heterocycles. The van der Waals surface area contributed by atoms with Crippen LogP contribution < -0.4 is 10.6 Å². The summed E-state index contributed by atoms with van der Waals surface area (Å²) in [6.45, 7) is 10.5. The third-order valence-corrected chi connectivity index (χ3v) is 4.14. The lowest BCUT2D eigenvalue weighted by molar-refractivity contribution is -0.132. The largest absolute Gasteiger partial charge is 0.381 e. The first-order valence-corrected chi connectivity index (χ1v) is 7.70. The van der Waals surface area contributed by atoms with E-state index in [2.05, 4.69) is 31.4 Å². The molecule has 2 N–H and O–H groups in total. The summed E-state index contributed by atoms with van der Waals surface area (Å²) in [7, 11) is 0. The average Bonchev–Trinajstić information content (AvgIpc) is 2.88. The van der Waals surface area contributed by atoms with Crippen molar-refractivity contribution in [1.82, 2.24) is 10.6 Å². The number of carbonyl (C=O) groups is 1. The number of unbranched alkanes of at least 4 members (excludes halogenated alkanes) is 1. The van der Waals surface area contributed by atoms with Crippen LogP contribution in [-0.4, -0.2) is 38.8 Å². The van der Waals surface area contributed by atoms with Gasteiger partial charge in [-0.2, -0.15) is 0 Å². The monoisotopic (exact) mass is 270 g/mol. The second-order valence-corrected chi connectivity index (χ2v) is 5.81. The van der Waals surface area contributed by atoms with Crippen molar-refractivity contribution in [1.29, 1.82) is 0 Å². The van der Waals surface area contributed by atoms with E-state index in [1.165, 1.54) is 6.42 Å². The van der Waals surface area contributed by atoms with Crippen LogP contribution in [0, 0.1) is 11.3 Å². The molecule has 0 aromatic carbocycles. The highest BCUT2D eigenvalue weighted by Gasteiger charge is 2.43. The number of amides is 1. The Labute approximate surface area is 117 Å². The first-order chi connectivity index (χ1) is 9.13. The van der Waals surface area contributed by atoms with Crippen molar-refractivity contribution < 1.29 is 9.53 Å². The number of rotatable bonds is 9. The van der Waals surface area contributed by atoms with Crippen LogP contribution in [0.2, 0.25) is 0 Å². The van der Waals surface area contributed by atoms with Gasteiger partial charge in [-0.25, -0.2) is 0 Å². The van der Waals surface area contributed by atoms with Crippen LogP contribution in [0.15, 0.2) is 0 Å². The molecule has 1 heterocycles. The molecule has 112 valence electrons. The van der Waals surface area contributed by atoms with Crippen LogP contribution in [0.3, 0.4) is 0 Å². The summed E-state index contributed by atoms with van der Waals surface area (Å²) in [5.41, 5.74) is -0.205. The zero-order valence-electron chi connectivity index (χ0n) is 12.8. The lowest BCUT2D eigenvalue weighted by atomic mass is 9.75. The molecule has 4 heteroatoms. The van der Waals surface area contributed by atoms with Crippen LogP contribution in [0.4, 0.5) is 0 Å². The summed E-state index contributed by atoms with van der Waals surface area (Å²) in [5, 5.41) is 6.39. The summed E-state index contributed by atoms with van der Waals surface area (Å²) in [5.74, 6) is 0.587. The number of carbonyl (C=O) groups excluding carboxylic acids is 1. The molecule has 1 unspecified atom stereocenters. The minimum Gasteiger partial charge on any atom is -0.381 e. The van der Waals surface area contributed by atoms with Gasteiger partial charge in [-0.05, 0) is 31.7 Å². The van der Waals surface area contributed by atoms with Gasteiger partial charge in [0.05, 0.1) is 5.41 Å². The van der Waals surface area contributed by atoms with E-state index < -0.39 is 0 Å². The molecule has 0 radical (unpaired) electrons. The topological polar surface area (TPSA) is 50.4 Å². The summed E-state index contributed by atoms with van der Waals surface area (Å²) >= 11 is 0. The first kappa shape index (κ1) is 16.4. The van der Waals surface area contributed by atoms with Crippen LogP contribution in [0.25, 0.3) is 0 Å². The van der Waals surface area contributed by atoms with Gasteiger partial charge in [0.2, 0.25) is 5.91 Å². The summed E-state index contributed by atoms with van der Waals surface area (Å²) in [4.78, 5) is 12.4. The summed E-state index contributed by atoms with van der Waals surface area (Å²) < 4.78 is 5.49. The molecule has 1 fully saturated rings. The minimum absolute atomic E-state index is 0.205. The van der Waals surface area contributed by atoms with E-state index in [9.17, 15) is 4.79 Å². The number of hydrogen-bond donors (Lipinski definition) is 2. The van der Waals surface area contributed by atoms with Gasteiger partial charge in [0.15, 0.2) is 0 Å². The molecular weight excluding hydrogens is 240 g/mol. The molecule has 0 aliphatic carbocycles. The van der Waals surface area contributed by atoms with Crippen molar-refractivity contribution >= 4 is 5.91 Å². The van der Waals surface area contributed by atoms with Crippen LogP contribution in [0.1, 0.15) is 46.5 Å². The van der Waals surface area contributed by atoms with E-state index in [-0.39, 0.29) is 11.3 Å². The van der Waals surface area contributed by atoms with Gasteiger partial charge >= 0.3 is 0 Å². The predicted molar refractivity (Wildman–Crippen MR) is 78.1 cm³/mol. The van der Waals surface area contributed by atoms with Crippen molar-refractivity contribution in [2.45, 2.75) is 46.5 Å². The highest BCUT2D eigenvalue weighted by molar-refractivity contribution is 5.83. The number of hydrogen-bond acceptors (Lipinski definition) is 3. The van der Waals surface area contributed by atoms with Crippen molar-refractivity contribution in [3.05, 3.63) is 0 Å². The Balaban J connectivity index is 2.19. The first-order valence-electron chi connectivity index (χ1n) is 7.70. The van der Waals surface area contributed by atoms with E-state index in [4.69, 9.17) is 4.74 Å². The fourth-order valence-corrected chi connectivity index (χ4v) is 2.56. The van der Waals surface area contributed by atoms with Crippen LogP contribution in [-0.2, 0) is 9.53 Å². The Kier molecular flexibility index (Phi) is 7.39. The molecule has 1 atom stereocenters. The Hall–Kier alpha value is -0.610. The molecule has 1 amide bonds. The smallest absolute Gasteiger partial charge is 0.227 e. The van der Waals surface area contributed by atoms with Gasteiger partial charge in [0.25, 0.3) is 0 Å². The number of nitrogens with one attached hydrogen (secondary N) is 2. The highest BCUT2D eigenvalue weighted by Crippen LogP contribution is 2.34. The van der Waals surface area contributed by atoms with Crippen molar-refractivity contribution in [3.63, 3.8) is 0 Å². The van der Waals surface area contributed by atoms with E-state index >= 15 is 0 Å². The molecule has 0 saturated carbocycles. The Morgan fingerprint density at radius 2 is 2.11 bits per heavy atom. The molecular formula is C15H30N2O2. The maximum Gasteiger partial charge on any atom is 0.227 e. The summed E-state index contributed by atoms with van der Waals surface area (Å²) in [6, 6.07) is 0. The zero-order valence-corrected chi connectivity index (χ0v) is 12.8. The maximum absolute atomic E-state index is 12.4. The Morgan fingerprint density at radius 3 is 2.68 bits per heavy atom. The van der Waals surface area contributed by atoms with Gasteiger partial charge in [0.1, 0.15) is 0 Å². The van der Waals surface area contributed by atoms with Crippen molar-refractivity contribution in [2.24, 2.45) is 11.3 Å². The maximum atomic E-state index is 12.4. The van der Waals surface area contributed by atoms with Gasteiger partial charge in [-0.15, -0.1) is 0 Å². The van der Waals surface area contributed by atoms with Gasteiger partial charge in [-0.1, -0.05) is 27.2 Å². The number of ether oxygens (including phenoxy) is 1. The molecule has 1 aliphatic heterocycles.